The molecule has 126 valence electrons. The predicted octanol–water partition coefficient (Wildman–Crippen LogP) is 3.47. The molecule has 0 spiro atoms. The van der Waals surface area contributed by atoms with Gasteiger partial charge in [-0.15, -0.1) is 0 Å². The monoisotopic (exact) mass is 336 g/mol. The second kappa shape index (κ2) is 6.12. The number of nitrogens with zero attached hydrogens (tertiary/aromatic N) is 3. The molecular formula is C19H17FN4O. The van der Waals surface area contributed by atoms with Crippen molar-refractivity contribution < 1.29 is 9.18 Å². The summed E-state index contributed by atoms with van der Waals surface area (Å²) >= 11 is 0. The van der Waals surface area contributed by atoms with Gasteiger partial charge in [-0.1, -0.05) is 24.6 Å². The van der Waals surface area contributed by atoms with Crippen LogP contribution >= 0.6 is 0 Å². The molecule has 1 aliphatic rings. The Hall–Kier alpha value is -3.02. The van der Waals surface area contributed by atoms with Crippen molar-refractivity contribution in [3.63, 3.8) is 0 Å². The molecule has 1 amide bonds. The van der Waals surface area contributed by atoms with Gasteiger partial charge in [0.25, 0.3) is 0 Å². The van der Waals surface area contributed by atoms with Crippen LogP contribution in [0.5, 0.6) is 0 Å². The number of hydrogen-bond acceptors (Lipinski definition) is 3. The van der Waals surface area contributed by atoms with E-state index in [0.717, 1.165) is 12.1 Å². The highest BCUT2D eigenvalue weighted by Crippen LogP contribution is 2.44. The van der Waals surface area contributed by atoms with E-state index in [1.807, 2.05) is 30.3 Å². The minimum absolute atomic E-state index is 0.223. The zero-order valence-electron chi connectivity index (χ0n) is 13.5. The fourth-order valence-electron chi connectivity index (χ4n) is 3.19. The molecule has 1 fully saturated rings. The normalized spacial score (nSPS) is 15.4. The molecule has 1 N–H and O–H groups in total. The van der Waals surface area contributed by atoms with Gasteiger partial charge in [0.05, 0.1) is 16.8 Å². The smallest absolute Gasteiger partial charge is 0.237 e. The molecule has 6 heteroatoms. The summed E-state index contributed by atoms with van der Waals surface area (Å²) in [6.07, 6.45) is 5.36. The number of carbonyl (C=O) groups excluding carboxylic acids is 1. The number of anilines is 1. The first kappa shape index (κ1) is 15.5. The molecule has 0 radical (unpaired) electrons. The second-order valence-electron chi connectivity index (χ2n) is 6.20. The van der Waals surface area contributed by atoms with Crippen molar-refractivity contribution >= 4 is 11.7 Å². The first-order valence-corrected chi connectivity index (χ1v) is 8.23. The van der Waals surface area contributed by atoms with Crippen LogP contribution in [-0.2, 0) is 10.2 Å². The van der Waals surface area contributed by atoms with Gasteiger partial charge in [0.2, 0.25) is 5.91 Å². The molecular weight excluding hydrogens is 319 g/mol. The maximum Gasteiger partial charge on any atom is 0.237 e. The Labute approximate surface area is 144 Å². The van der Waals surface area contributed by atoms with E-state index >= 15 is 0 Å². The van der Waals surface area contributed by atoms with Gasteiger partial charge >= 0.3 is 0 Å². The van der Waals surface area contributed by atoms with E-state index in [-0.39, 0.29) is 11.6 Å². The Morgan fingerprint density at radius 2 is 1.92 bits per heavy atom. The topological polar surface area (TPSA) is 59.8 Å². The van der Waals surface area contributed by atoms with Crippen molar-refractivity contribution in [2.45, 2.75) is 24.7 Å². The molecule has 0 atom stereocenters. The van der Waals surface area contributed by atoms with Crippen molar-refractivity contribution in [1.29, 1.82) is 0 Å². The summed E-state index contributed by atoms with van der Waals surface area (Å²) < 4.78 is 15.9. The van der Waals surface area contributed by atoms with Crippen molar-refractivity contribution in [2.24, 2.45) is 0 Å². The molecule has 1 saturated carbocycles. The van der Waals surface area contributed by atoms with E-state index in [1.54, 1.807) is 16.9 Å². The fraction of sp³-hybridized carbons (Fsp3) is 0.211. The molecule has 0 saturated heterocycles. The van der Waals surface area contributed by atoms with Crippen LogP contribution in [0, 0.1) is 5.82 Å². The van der Waals surface area contributed by atoms with Gasteiger partial charge in [-0.05, 0) is 37.1 Å². The average molecular weight is 336 g/mol. The summed E-state index contributed by atoms with van der Waals surface area (Å²) in [6.45, 7) is 0. The quantitative estimate of drug-likeness (QED) is 0.794. The third-order valence-corrected chi connectivity index (χ3v) is 4.70. The van der Waals surface area contributed by atoms with E-state index in [4.69, 9.17) is 0 Å². The van der Waals surface area contributed by atoms with Gasteiger partial charge in [-0.2, -0.15) is 5.10 Å². The first-order valence-electron chi connectivity index (χ1n) is 8.23. The van der Waals surface area contributed by atoms with E-state index in [9.17, 15) is 9.18 Å². The van der Waals surface area contributed by atoms with Crippen LogP contribution in [0.2, 0.25) is 0 Å². The van der Waals surface area contributed by atoms with Gasteiger partial charge in [-0.3, -0.25) is 9.78 Å². The molecule has 3 aromatic rings. The SMILES string of the molecule is O=C(Nc1ccn(-c2ccccc2)n1)C1(c2ncccc2F)CCC1. The van der Waals surface area contributed by atoms with E-state index in [2.05, 4.69) is 15.4 Å². The molecule has 0 bridgehead atoms. The Morgan fingerprint density at radius 1 is 1.12 bits per heavy atom. The number of rotatable bonds is 4. The lowest BCUT2D eigenvalue weighted by Crippen LogP contribution is -2.47. The highest BCUT2D eigenvalue weighted by Gasteiger charge is 2.48. The van der Waals surface area contributed by atoms with Gasteiger partial charge in [0.15, 0.2) is 5.82 Å². The largest absolute Gasteiger partial charge is 0.308 e. The summed E-state index contributed by atoms with van der Waals surface area (Å²) in [4.78, 5) is 17.0. The molecule has 5 nitrogen and oxygen atoms in total. The third kappa shape index (κ3) is 2.69. The van der Waals surface area contributed by atoms with Crippen molar-refractivity contribution in [1.82, 2.24) is 14.8 Å². The Kier molecular flexibility index (Phi) is 3.80. The highest BCUT2D eigenvalue weighted by molar-refractivity contribution is 5.99. The molecule has 4 rings (SSSR count). The van der Waals surface area contributed by atoms with Gasteiger partial charge < -0.3 is 5.32 Å². The third-order valence-electron chi connectivity index (χ3n) is 4.70. The number of hydrogen-bond donors (Lipinski definition) is 1. The standard InChI is InChI=1S/C19H17FN4O/c20-15-8-4-12-21-17(15)19(10-5-11-19)18(25)22-16-9-13-24(23-16)14-6-2-1-3-7-14/h1-4,6-9,12-13H,5,10-11H2,(H,22,23,25). The number of benzene rings is 1. The average Bonchev–Trinajstić information content (AvgIpc) is 3.05. The summed E-state index contributed by atoms with van der Waals surface area (Å²) in [5.41, 5.74) is 0.223. The number of carbonyl (C=O) groups is 1. The van der Waals surface area contributed by atoms with Crippen LogP contribution in [0.4, 0.5) is 10.2 Å². The number of para-hydroxylation sites is 1. The minimum Gasteiger partial charge on any atom is -0.308 e. The van der Waals surface area contributed by atoms with Crippen LogP contribution in [0.15, 0.2) is 60.9 Å². The van der Waals surface area contributed by atoms with Crippen LogP contribution < -0.4 is 5.32 Å². The van der Waals surface area contributed by atoms with Crippen LogP contribution in [-0.4, -0.2) is 20.7 Å². The first-order chi connectivity index (χ1) is 12.2. The number of halogens is 1. The molecule has 0 unspecified atom stereocenters. The van der Waals surface area contributed by atoms with Gasteiger partial charge in [0, 0.05) is 18.5 Å². The fourth-order valence-corrected chi connectivity index (χ4v) is 3.19. The Balaban J connectivity index is 1.58. The van der Waals surface area contributed by atoms with Crippen LogP contribution in [0.25, 0.3) is 5.69 Å². The molecule has 0 aliphatic heterocycles. The summed E-state index contributed by atoms with van der Waals surface area (Å²) in [5, 5.41) is 7.20. The molecule has 1 aliphatic carbocycles. The van der Waals surface area contributed by atoms with Crippen LogP contribution in [0.1, 0.15) is 25.0 Å². The predicted molar refractivity (Wildman–Crippen MR) is 91.9 cm³/mol. The minimum atomic E-state index is -0.901. The van der Waals surface area contributed by atoms with E-state index < -0.39 is 11.2 Å². The lowest BCUT2D eigenvalue weighted by atomic mass is 9.65. The van der Waals surface area contributed by atoms with E-state index in [0.29, 0.717) is 18.7 Å². The van der Waals surface area contributed by atoms with Gasteiger partial charge in [-0.25, -0.2) is 9.07 Å². The molecule has 2 aromatic heterocycles. The lowest BCUT2D eigenvalue weighted by Gasteiger charge is -2.39. The van der Waals surface area contributed by atoms with Crippen molar-refractivity contribution in [3.8, 4) is 5.69 Å². The zero-order chi connectivity index (χ0) is 17.3. The molecule has 25 heavy (non-hydrogen) atoms. The van der Waals surface area contributed by atoms with E-state index in [1.165, 1.54) is 18.3 Å². The summed E-state index contributed by atoms with van der Waals surface area (Å²) in [7, 11) is 0. The highest BCUT2D eigenvalue weighted by atomic mass is 19.1. The van der Waals surface area contributed by atoms with Crippen molar-refractivity contribution in [3.05, 3.63) is 72.4 Å². The lowest BCUT2D eigenvalue weighted by molar-refractivity contribution is -0.124. The maximum absolute atomic E-state index is 14.2. The Morgan fingerprint density at radius 3 is 2.60 bits per heavy atom. The van der Waals surface area contributed by atoms with Crippen molar-refractivity contribution in [2.75, 3.05) is 5.32 Å². The summed E-state index contributed by atoms with van der Waals surface area (Å²) in [5.74, 6) is -0.252. The molecule has 1 aromatic carbocycles. The Bertz CT molecular complexity index is 903. The molecule has 2 heterocycles. The van der Waals surface area contributed by atoms with Crippen LogP contribution in [0.3, 0.4) is 0 Å². The summed E-state index contributed by atoms with van der Waals surface area (Å²) in [6, 6.07) is 14.2. The maximum atomic E-state index is 14.2. The van der Waals surface area contributed by atoms with Gasteiger partial charge in [0.1, 0.15) is 5.82 Å². The number of pyridine rings is 1. The number of nitrogens with one attached hydrogen (secondary N) is 1. The second-order valence-corrected chi connectivity index (χ2v) is 6.20. The number of amides is 1. The number of aromatic nitrogens is 3. The zero-order valence-corrected chi connectivity index (χ0v) is 13.5.